The van der Waals surface area contributed by atoms with Crippen LogP contribution in [0.5, 0.6) is 0 Å². The number of nitrogens with zero attached hydrogens (tertiary/aromatic N) is 3. The van der Waals surface area contributed by atoms with E-state index in [0.717, 1.165) is 0 Å². The summed E-state index contributed by atoms with van der Waals surface area (Å²) in [5.41, 5.74) is 9.38. The highest BCUT2D eigenvalue weighted by Gasteiger charge is 2.35. The van der Waals surface area contributed by atoms with Crippen LogP contribution in [0, 0.1) is 0 Å². The zero-order valence-electron chi connectivity index (χ0n) is 8.00. The topological polar surface area (TPSA) is 179 Å². The third kappa shape index (κ3) is 3.98. The molecular weight excluding hydrogens is 224 g/mol. The lowest BCUT2D eigenvalue weighted by Crippen LogP contribution is -2.50. The number of carbonyl (C=O) groups is 1. The van der Waals surface area contributed by atoms with E-state index in [0.29, 0.717) is 0 Å². The summed E-state index contributed by atoms with van der Waals surface area (Å²) in [6, 6.07) is 0. The van der Waals surface area contributed by atoms with E-state index in [1.54, 1.807) is 0 Å². The van der Waals surface area contributed by atoms with Crippen LogP contribution in [0.2, 0.25) is 0 Å². The van der Waals surface area contributed by atoms with Crippen LogP contribution in [0.3, 0.4) is 0 Å². The molecular formula is C6H12N4O6. The summed E-state index contributed by atoms with van der Waals surface area (Å²) in [4.78, 5) is 13.1. The molecule has 0 aliphatic carbocycles. The van der Waals surface area contributed by atoms with Gasteiger partial charge in [-0.25, -0.2) is 4.79 Å². The van der Waals surface area contributed by atoms with Gasteiger partial charge in [0.2, 0.25) is 0 Å². The predicted octanol–water partition coefficient (Wildman–Crippen LogP) is -3.24. The first-order valence-electron chi connectivity index (χ1n) is 4.12. The number of carbonyl (C=O) groups excluding carboxylic acids is 1. The van der Waals surface area contributed by atoms with Crippen LogP contribution in [0.25, 0.3) is 10.4 Å². The molecule has 0 aliphatic rings. The Labute approximate surface area is 89.4 Å². The lowest BCUT2D eigenvalue weighted by atomic mass is 10.0. The Bertz CT molecular complexity index is 280. The van der Waals surface area contributed by atoms with Gasteiger partial charge < -0.3 is 25.5 Å². The molecule has 1 amide bonds. The Morgan fingerprint density at radius 1 is 1.31 bits per heavy atom. The third-order valence-electron chi connectivity index (χ3n) is 1.73. The SMILES string of the molecule is [N-]=[N+]=NNC(=O)[C@H](O)[C@@H](O)[C@H](O)[C@H](O)CO. The quantitative estimate of drug-likeness (QED) is 0.122. The Balaban J connectivity index is 4.41. The van der Waals surface area contributed by atoms with Crippen molar-refractivity contribution in [2.75, 3.05) is 6.61 Å². The number of aliphatic hydroxyl groups excluding tert-OH is 5. The van der Waals surface area contributed by atoms with Gasteiger partial charge in [-0.2, -0.15) is 10.3 Å². The van der Waals surface area contributed by atoms with Gasteiger partial charge in [-0.05, 0) is 5.22 Å². The van der Waals surface area contributed by atoms with Gasteiger partial charge in [0.1, 0.15) is 18.3 Å². The maximum Gasteiger partial charge on any atom is 0.341 e. The predicted molar refractivity (Wildman–Crippen MR) is 48.4 cm³/mol. The van der Waals surface area contributed by atoms with Gasteiger partial charge in [-0.15, -0.1) is 5.53 Å². The van der Waals surface area contributed by atoms with Crippen molar-refractivity contribution in [3.63, 3.8) is 0 Å². The van der Waals surface area contributed by atoms with Gasteiger partial charge in [-0.1, -0.05) is 0 Å². The average Bonchev–Trinajstić information content (AvgIpc) is 2.31. The highest BCUT2D eigenvalue weighted by Crippen LogP contribution is 2.05. The molecule has 0 aromatic carbocycles. The highest BCUT2D eigenvalue weighted by atomic mass is 16.4. The monoisotopic (exact) mass is 236 g/mol. The molecule has 0 aliphatic heterocycles. The van der Waals surface area contributed by atoms with E-state index < -0.39 is 36.9 Å². The van der Waals surface area contributed by atoms with Crippen molar-refractivity contribution in [1.29, 1.82) is 0 Å². The summed E-state index contributed by atoms with van der Waals surface area (Å²) >= 11 is 0. The fraction of sp³-hybridized carbons (Fsp3) is 0.833. The molecule has 0 radical (unpaired) electrons. The number of hydrogen-bond acceptors (Lipinski definition) is 7. The summed E-state index contributed by atoms with van der Waals surface area (Å²) < 4.78 is 0. The summed E-state index contributed by atoms with van der Waals surface area (Å²) in [6.45, 7) is -0.858. The molecule has 92 valence electrons. The maximum atomic E-state index is 10.9. The van der Waals surface area contributed by atoms with Crippen LogP contribution < -0.4 is 5.43 Å². The molecule has 0 spiro atoms. The minimum Gasteiger partial charge on any atom is -0.394 e. The number of rotatable bonds is 6. The van der Waals surface area contributed by atoms with Crippen molar-refractivity contribution in [1.82, 2.24) is 5.43 Å². The van der Waals surface area contributed by atoms with Crippen LogP contribution in [0.15, 0.2) is 5.22 Å². The summed E-state index contributed by atoms with van der Waals surface area (Å²) in [5, 5.41) is 47.4. The fourth-order valence-corrected chi connectivity index (χ4v) is 0.815. The lowest BCUT2D eigenvalue weighted by Gasteiger charge is -2.23. The molecule has 10 heteroatoms. The van der Waals surface area contributed by atoms with E-state index in [2.05, 4.69) is 10.1 Å². The highest BCUT2D eigenvalue weighted by molar-refractivity contribution is 5.80. The zero-order chi connectivity index (χ0) is 12.7. The largest absolute Gasteiger partial charge is 0.394 e. The third-order valence-corrected chi connectivity index (χ3v) is 1.73. The van der Waals surface area contributed by atoms with Crippen LogP contribution in [-0.2, 0) is 4.79 Å². The van der Waals surface area contributed by atoms with E-state index in [1.807, 2.05) is 0 Å². The minimum absolute atomic E-state index is 0.858. The molecule has 0 saturated heterocycles. The van der Waals surface area contributed by atoms with E-state index in [4.69, 9.17) is 26.0 Å². The Morgan fingerprint density at radius 2 is 1.88 bits per heavy atom. The number of nitrogens with one attached hydrogen (secondary N) is 1. The number of amides is 1. The van der Waals surface area contributed by atoms with Gasteiger partial charge in [0, 0.05) is 0 Å². The molecule has 0 rings (SSSR count). The summed E-state index contributed by atoms with van der Waals surface area (Å²) in [5.74, 6) is -1.26. The zero-order valence-corrected chi connectivity index (χ0v) is 8.00. The summed E-state index contributed by atoms with van der Waals surface area (Å²) in [6.07, 6.45) is -7.77. The molecule has 0 fully saturated rings. The Kier molecular flexibility index (Phi) is 6.34. The first-order chi connectivity index (χ1) is 7.45. The van der Waals surface area contributed by atoms with Crippen molar-refractivity contribution >= 4 is 5.91 Å². The van der Waals surface area contributed by atoms with Crippen LogP contribution in [0.4, 0.5) is 0 Å². The molecule has 4 atom stereocenters. The van der Waals surface area contributed by atoms with Crippen LogP contribution in [-0.4, -0.2) is 62.5 Å². The molecule has 0 unspecified atom stereocenters. The summed E-state index contributed by atoms with van der Waals surface area (Å²) in [7, 11) is 0. The molecule has 16 heavy (non-hydrogen) atoms. The van der Waals surface area contributed by atoms with Gasteiger partial charge in [0.05, 0.1) is 6.61 Å². The number of hydrogen-bond donors (Lipinski definition) is 6. The van der Waals surface area contributed by atoms with Crippen LogP contribution >= 0.6 is 0 Å². The van der Waals surface area contributed by atoms with Crippen molar-refractivity contribution in [2.24, 2.45) is 5.22 Å². The molecule has 0 aromatic rings. The van der Waals surface area contributed by atoms with Crippen molar-refractivity contribution in [3.05, 3.63) is 10.4 Å². The molecule has 0 bridgehead atoms. The maximum absolute atomic E-state index is 10.9. The second-order valence-corrected chi connectivity index (χ2v) is 2.84. The normalized spacial score (nSPS) is 17.8. The lowest BCUT2D eigenvalue weighted by molar-refractivity contribution is -0.148. The first-order valence-corrected chi connectivity index (χ1v) is 4.12. The van der Waals surface area contributed by atoms with Crippen LogP contribution in [0.1, 0.15) is 0 Å². The van der Waals surface area contributed by atoms with Gasteiger partial charge in [-0.3, -0.25) is 0 Å². The van der Waals surface area contributed by atoms with Crippen molar-refractivity contribution < 1.29 is 30.3 Å². The minimum atomic E-state index is -2.11. The van der Waals surface area contributed by atoms with E-state index in [9.17, 15) is 9.90 Å². The Hall–Kier alpha value is -1.42. The molecule has 0 heterocycles. The van der Waals surface area contributed by atoms with Crippen molar-refractivity contribution in [3.8, 4) is 0 Å². The van der Waals surface area contributed by atoms with E-state index in [-0.39, 0.29) is 0 Å². The van der Waals surface area contributed by atoms with E-state index in [1.165, 1.54) is 5.43 Å². The fourth-order valence-electron chi connectivity index (χ4n) is 0.815. The number of azide groups is 1. The Morgan fingerprint density at radius 3 is 2.31 bits per heavy atom. The molecule has 10 nitrogen and oxygen atoms in total. The number of aliphatic hydroxyl groups is 5. The smallest absolute Gasteiger partial charge is 0.341 e. The molecule has 6 N–H and O–H groups in total. The van der Waals surface area contributed by atoms with Gasteiger partial charge >= 0.3 is 5.91 Å². The second kappa shape index (κ2) is 6.95. The average molecular weight is 236 g/mol. The van der Waals surface area contributed by atoms with Gasteiger partial charge in [0.15, 0.2) is 6.10 Å². The van der Waals surface area contributed by atoms with Gasteiger partial charge in [0.25, 0.3) is 0 Å². The first kappa shape index (κ1) is 14.6. The van der Waals surface area contributed by atoms with Crippen molar-refractivity contribution in [2.45, 2.75) is 24.4 Å². The van der Waals surface area contributed by atoms with E-state index >= 15 is 0 Å². The molecule has 0 saturated carbocycles. The molecule has 0 aromatic heterocycles. The standard InChI is InChI=1S/C6H12N4O6/c7-9-10-8-6(16)5(15)4(14)3(13)2(12)1-11/h2-5,11-15H,1H2,(H,8,16)/t2-,3-,4+,5-/m1/s1. The second-order valence-electron chi connectivity index (χ2n) is 2.84.